The molecule has 2 atom stereocenters. The van der Waals surface area contributed by atoms with Crippen molar-refractivity contribution in [3.05, 3.63) is 89.0 Å². The Morgan fingerprint density at radius 3 is 2.41 bits per heavy atom. The first-order chi connectivity index (χ1) is 13.8. The van der Waals surface area contributed by atoms with Crippen LogP contribution in [-0.4, -0.2) is 30.9 Å². The molecule has 0 saturated carbocycles. The molecule has 1 N–H and O–H groups in total. The maximum atomic E-state index is 13.1. The Kier molecular flexibility index (Phi) is 6.73. The molecule has 0 unspecified atom stereocenters. The standard InChI is InChI=1S/C24H29NO3S/c1-18(2)23-17-25(29(27,28)22-14-12-19(3)13-15-22)16-21(23)10-7-11-24(26)20-8-5-4-6-9-20/h4-10,12-15,21,24,26H,11,16-17H2,1-3H3/b10-7+/t21-,24+/m1/s1. The second-order valence-electron chi connectivity index (χ2n) is 7.83. The lowest BCUT2D eigenvalue weighted by Gasteiger charge is -2.16. The van der Waals surface area contributed by atoms with Crippen molar-refractivity contribution >= 4 is 10.0 Å². The number of aliphatic hydroxyl groups excluding tert-OH is 1. The van der Waals surface area contributed by atoms with Crippen LogP contribution in [0.15, 0.2) is 82.8 Å². The van der Waals surface area contributed by atoms with Gasteiger partial charge in [0.1, 0.15) is 0 Å². The van der Waals surface area contributed by atoms with E-state index in [2.05, 4.69) is 0 Å². The Bertz CT molecular complexity index is 988. The van der Waals surface area contributed by atoms with Crippen molar-refractivity contribution in [1.82, 2.24) is 4.31 Å². The van der Waals surface area contributed by atoms with Crippen molar-refractivity contribution in [2.45, 2.75) is 38.2 Å². The van der Waals surface area contributed by atoms with Gasteiger partial charge in [-0.1, -0.05) is 65.8 Å². The number of sulfonamides is 1. The minimum absolute atomic E-state index is 0.0307. The fraction of sp³-hybridized carbons (Fsp3) is 0.333. The van der Waals surface area contributed by atoms with Crippen molar-refractivity contribution in [2.24, 2.45) is 5.92 Å². The van der Waals surface area contributed by atoms with Crippen LogP contribution in [0.3, 0.4) is 0 Å². The molecule has 0 aromatic heterocycles. The minimum Gasteiger partial charge on any atom is -0.388 e. The number of allylic oxidation sites excluding steroid dienone is 1. The lowest BCUT2D eigenvalue weighted by molar-refractivity contribution is 0.181. The summed E-state index contributed by atoms with van der Waals surface area (Å²) in [4.78, 5) is 0.334. The first-order valence-electron chi connectivity index (χ1n) is 9.92. The smallest absolute Gasteiger partial charge is 0.243 e. The minimum atomic E-state index is -3.52. The van der Waals surface area contributed by atoms with Gasteiger partial charge >= 0.3 is 0 Å². The Morgan fingerprint density at radius 1 is 1.14 bits per heavy atom. The van der Waals surface area contributed by atoms with E-state index in [1.54, 1.807) is 16.4 Å². The lowest BCUT2D eigenvalue weighted by atomic mass is 9.97. The summed E-state index contributed by atoms with van der Waals surface area (Å²) in [5.41, 5.74) is 4.19. The van der Waals surface area contributed by atoms with E-state index in [9.17, 15) is 13.5 Å². The van der Waals surface area contributed by atoms with Crippen molar-refractivity contribution in [1.29, 1.82) is 0 Å². The van der Waals surface area contributed by atoms with E-state index in [0.29, 0.717) is 24.4 Å². The third-order valence-electron chi connectivity index (χ3n) is 5.41. The number of hydrogen-bond donors (Lipinski definition) is 1. The summed E-state index contributed by atoms with van der Waals surface area (Å²) in [7, 11) is -3.52. The van der Waals surface area contributed by atoms with E-state index in [1.807, 2.05) is 75.4 Å². The number of nitrogens with zero attached hydrogens (tertiary/aromatic N) is 1. The van der Waals surface area contributed by atoms with Crippen molar-refractivity contribution in [3.8, 4) is 0 Å². The molecule has 1 saturated heterocycles. The summed E-state index contributed by atoms with van der Waals surface area (Å²) in [6.07, 6.45) is 3.95. The molecule has 0 bridgehead atoms. The summed E-state index contributed by atoms with van der Waals surface area (Å²) >= 11 is 0. The molecule has 0 aliphatic carbocycles. The second kappa shape index (κ2) is 9.08. The summed E-state index contributed by atoms with van der Waals surface area (Å²) in [6, 6.07) is 16.6. The molecule has 0 radical (unpaired) electrons. The van der Waals surface area contributed by atoms with Crippen LogP contribution in [0.1, 0.15) is 37.5 Å². The van der Waals surface area contributed by atoms with Gasteiger partial charge in [-0.3, -0.25) is 0 Å². The number of aryl methyl sites for hydroxylation is 1. The zero-order valence-corrected chi connectivity index (χ0v) is 18.1. The maximum Gasteiger partial charge on any atom is 0.243 e. The molecule has 2 aromatic carbocycles. The Morgan fingerprint density at radius 2 is 1.79 bits per heavy atom. The zero-order chi connectivity index (χ0) is 21.0. The third kappa shape index (κ3) is 5.04. The maximum absolute atomic E-state index is 13.1. The number of benzene rings is 2. The number of rotatable bonds is 6. The first kappa shape index (κ1) is 21.5. The quantitative estimate of drug-likeness (QED) is 0.705. The van der Waals surface area contributed by atoms with Crippen LogP contribution in [0.25, 0.3) is 0 Å². The predicted molar refractivity (Wildman–Crippen MR) is 117 cm³/mol. The Labute approximate surface area is 174 Å². The second-order valence-corrected chi connectivity index (χ2v) is 9.77. The molecule has 29 heavy (non-hydrogen) atoms. The zero-order valence-electron chi connectivity index (χ0n) is 17.2. The van der Waals surface area contributed by atoms with E-state index in [1.165, 1.54) is 0 Å². The lowest BCUT2D eigenvalue weighted by Crippen LogP contribution is -2.28. The first-order valence-corrected chi connectivity index (χ1v) is 11.4. The van der Waals surface area contributed by atoms with Gasteiger partial charge in [-0.05, 0) is 50.5 Å². The molecule has 4 nitrogen and oxygen atoms in total. The van der Waals surface area contributed by atoms with Crippen molar-refractivity contribution in [3.63, 3.8) is 0 Å². The van der Waals surface area contributed by atoms with Gasteiger partial charge in [0, 0.05) is 19.0 Å². The van der Waals surface area contributed by atoms with Crippen LogP contribution in [0.2, 0.25) is 0 Å². The van der Waals surface area contributed by atoms with Gasteiger partial charge in [0.2, 0.25) is 10.0 Å². The molecule has 2 aromatic rings. The largest absolute Gasteiger partial charge is 0.388 e. The molecule has 154 valence electrons. The summed E-state index contributed by atoms with van der Waals surface area (Å²) in [6.45, 7) is 6.83. The molecule has 0 amide bonds. The van der Waals surface area contributed by atoms with Gasteiger partial charge < -0.3 is 5.11 Å². The molecule has 5 heteroatoms. The fourth-order valence-electron chi connectivity index (χ4n) is 3.63. The normalized spacial score (nSPS) is 19.0. The summed E-state index contributed by atoms with van der Waals surface area (Å²) in [5.74, 6) is 0.0307. The average molecular weight is 412 g/mol. The highest BCUT2D eigenvalue weighted by molar-refractivity contribution is 7.89. The van der Waals surface area contributed by atoms with Gasteiger partial charge in [-0.2, -0.15) is 4.31 Å². The Hall–Kier alpha value is -2.21. The van der Waals surface area contributed by atoms with E-state index < -0.39 is 16.1 Å². The van der Waals surface area contributed by atoms with Crippen LogP contribution in [0.4, 0.5) is 0 Å². The third-order valence-corrected chi connectivity index (χ3v) is 7.23. The average Bonchev–Trinajstić information content (AvgIpc) is 3.14. The SMILES string of the molecule is CC(C)=C1CN(S(=O)(=O)c2ccc(C)cc2)C[C@H]1/C=C/C[C@H](O)c1ccccc1. The van der Waals surface area contributed by atoms with E-state index in [4.69, 9.17) is 0 Å². The molecular formula is C24H29NO3S. The van der Waals surface area contributed by atoms with Crippen molar-refractivity contribution in [2.75, 3.05) is 13.1 Å². The van der Waals surface area contributed by atoms with Gasteiger partial charge in [0.25, 0.3) is 0 Å². The Balaban J connectivity index is 1.74. The van der Waals surface area contributed by atoms with Gasteiger partial charge in [0.15, 0.2) is 0 Å². The molecule has 1 heterocycles. The fourth-order valence-corrected chi connectivity index (χ4v) is 5.08. The monoisotopic (exact) mass is 411 g/mol. The molecule has 1 fully saturated rings. The van der Waals surface area contributed by atoms with Crippen LogP contribution >= 0.6 is 0 Å². The van der Waals surface area contributed by atoms with Gasteiger partial charge in [-0.15, -0.1) is 0 Å². The molecule has 1 aliphatic heterocycles. The van der Waals surface area contributed by atoms with Gasteiger partial charge in [-0.25, -0.2) is 8.42 Å². The van der Waals surface area contributed by atoms with E-state index in [-0.39, 0.29) is 5.92 Å². The van der Waals surface area contributed by atoms with Crippen LogP contribution < -0.4 is 0 Å². The number of aliphatic hydroxyl groups is 1. The van der Waals surface area contributed by atoms with Gasteiger partial charge in [0.05, 0.1) is 11.0 Å². The van der Waals surface area contributed by atoms with Crippen LogP contribution in [0, 0.1) is 12.8 Å². The predicted octanol–water partition coefficient (Wildman–Crippen LogP) is 4.63. The van der Waals surface area contributed by atoms with E-state index >= 15 is 0 Å². The molecule has 1 aliphatic rings. The molecule has 0 spiro atoms. The summed E-state index contributed by atoms with van der Waals surface area (Å²) in [5, 5.41) is 10.4. The molecular weight excluding hydrogens is 382 g/mol. The highest BCUT2D eigenvalue weighted by atomic mass is 32.2. The van der Waals surface area contributed by atoms with Crippen LogP contribution in [-0.2, 0) is 10.0 Å². The van der Waals surface area contributed by atoms with Crippen LogP contribution in [0.5, 0.6) is 0 Å². The highest BCUT2D eigenvalue weighted by Gasteiger charge is 2.35. The summed E-state index contributed by atoms with van der Waals surface area (Å²) < 4.78 is 27.7. The van der Waals surface area contributed by atoms with Crippen molar-refractivity contribution < 1.29 is 13.5 Å². The highest BCUT2D eigenvalue weighted by Crippen LogP contribution is 2.31. The molecule has 3 rings (SSSR count). The number of hydrogen-bond acceptors (Lipinski definition) is 3. The van der Waals surface area contributed by atoms with E-state index in [0.717, 1.165) is 22.3 Å². The topological polar surface area (TPSA) is 57.6 Å².